The van der Waals surface area contributed by atoms with Gasteiger partial charge < -0.3 is 9.51 Å². The first kappa shape index (κ1) is 9.71. The minimum atomic E-state index is -0.833. The number of nitrogens with zero attached hydrogens (tertiary/aromatic N) is 2. The Balaban J connectivity index is 2.63. The van der Waals surface area contributed by atoms with Crippen molar-refractivity contribution in [3.63, 3.8) is 0 Å². The molecule has 0 saturated heterocycles. The average Bonchev–Trinajstić information content (AvgIpc) is 2.41. The van der Waals surface area contributed by atoms with Crippen LogP contribution in [0.25, 0.3) is 5.65 Å². The quantitative estimate of drug-likeness (QED) is 0.808. The molecule has 0 aliphatic carbocycles. The highest BCUT2D eigenvalue weighted by molar-refractivity contribution is 5.70. The van der Waals surface area contributed by atoms with E-state index < -0.39 is 5.97 Å². The number of aryl methyl sites for hydroxylation is 2. The second-order valence-electron chi connectivity index (χ2n) is 3.65. The lowest BCUT2D eigenvalue weighted by Gasteiger charge is -2.00. The molecule has 0 bridgehead atoms. The minimum absolute atomic E-state index is 0.00998. The van der Waals surface area contributed by atoms with E-state index in [1.165, 1.54) is 0 Å². The molecule has 0 atom stereocenters. The van der Waals surface area contributed by atoms with Gasteiger partial charge in [-0.2, -0.15) is 0 Å². The molecule has 0 saturated carbocycles. The van der Waals surface area contributed by atoms with Crippen LogP contribution >= 0.6 is 0 Å². The maximum absolute atomic E-state index is 10.7. The van der Waals surface area contributed by atoms with Crippen LogP contribution in [-0.2, 0) is 11.2 Å². The Morgan fingerprint density at radius 3 is 2.93 bits per heavy atom. The molecule has 0 aliphatic heterocycles. The molecule has 0 radical (unpaired) electrons. The maximum Gasteiger partial charge on any atom is 0.309 e. The summed E-state index contributed by atoms with van der Waals surface area (Å²) in [5.74, 6) is -0.833. The van der Waals surface area contributed by atoms with Gasteiger partial charge in [-0.3, -0.25) is 4.79 Å². The van der Waals surface area contributed by atoms with Crippen LogP contribution in [0.5, 0.6) is 0 Å². The zero-order valence-corrected chi connectivity index (χ0v) is 8.69. The number of hydrogen-bond donors (Lipinski definition) is 1. The predicted molar refractivity (Wildman–Crippen MR) is 56.0 cm³/mol. The zero-order chi connectivity index (χ0) is 11.0. The van der Waals surface area contributed by atoms with Gasteiger partial charge in [-0.05, 0) is 31.5 Å². The van der Waals surface area contributed by atoms with Crippen LogP contribution in [0.4, 0.5) is 0 Å². The SMILES string of the molecule is Cc1ccn2c(CC(=O)O)c(C)nc2c1. The van der Waals surface area contributed by atoms with Crippen molar-refractivity contribution in [3.8, 4) is 0 Å². The zero-order valence-electron chi connectivity index (χ0n) is 8.69. The summed E-state index contributed by atoms with van der Waals surface area (Å²) in [4.78, 5) is 15.0. The summed E-state index contributed by atoms with van der Waals surface area (Å²) >= 11 is 0. The number of aromatic nitrogens is 2. The highest BCUT2D eigenvalue weighted by atomic mass is 16.4. The molecule has 15 heavy (non-hydrogen) atoms. The Kier molecular flexibility index (Phi) is 2.19. The summed E-state index contributed by atoms with van der Waals surface area (Å²) in [6.07, 6.45) is 1.87. The van der Waals surface area contributed by atoms with Gasteiger partial charge in [-0.1, -0.05) is 0 Å². The van der Waals surface area contributed by atoms with E-state index in [4.69, 9.17) is 5.11 Å². The number of carboxylic acids is 1. The molecule has 2 aromatic rings. The molecule has 2 heterocycles. The topological polar surface area (TPSA) is 54.6 Å². The van der Waals surface area contributed by atoms with Crippen molar-refractivity contribution >= 4 is 11.6 Å². The molecule has 0 amide bonds. The van der Waals surface area contributed by atoms with E-state index in [0.29, 0.717) is 0 Å². The molecule has 0 spiro atoms. The largest absolute Gasteiger partial charge is 0.481 e. The summed E-state index contributed by atoms with van der Waals surface area (Å²) < 4.78 is 1.83. The lowest BCUT2D eigenvalue weighted by Crippen LogP contribution is -2.04. The molecule has 78 valence electrons. The van der Waals surface area contributed by atoms with E-state index in [9.17, 15) is 4.79 Å². The van der Waals surface area contributed by atoms with E-state index in [2.05, 4.69) is 4.98 Å². The Bertz CT molecular complexity index is 529. The molecular formula is C11H12N2O2. The highest BCUT2D eigenvalue weighted by Crippen LogP contribution is 2.13. The smallest absolute Gasteiger partial charge is 0.309 e. The number of imidazole rings is 1. The molecular weight excluding hydrogens is 192 g/mol. The van der Waals surface area contributed by atoms with Gasteiger partial charge in [0.2, 0.25) is 0 Å². The maximum atomic E-state index is 10.7. The first-order chi connectivity index (χ1) is 7.08. The van der Waals surface area contributed by atoms with Crippen LogP contribution in [0.15, 0.2) is 18.3 Å². The number of carboxylic acid groups (broad SMARTS) is 1. The normalized spacial score (nSPS) is 10.8. The second-order valence-corrected chi connectivity index (χ2v) is 3.65. The fourth-order valence-corrected chi connectivity index (χ4v) is 1.67. The van der Waals surface area contributed by atoms with Gasteiger partial charge in [0.25, 0.3) is 0 Å². The van der Waals surface area contributed by atoms with Gasteiger partial charge in [0.15, 0.2) is 0 Å². The van der Waals surface area contributed by atoms with E-state index in [-0.39, 0.29) is 6.42 Å². The first-order valence-corrected chi connectivity index (χ1v) is 4.74. The van der Waals surface area contributed by atoms with Crippen LogP contribution in [0, 0.1) is 13.8 Å². The van der Waals surface area contributed by atoms with Crippen molar-refractivity contribution in [2.75, 3.05) is 0 Å². The molecule has 0 unspecified atom stereocenters. The van der Waals surface area contributed by atoms with Crippen molar-refractivity contribution in [1.82, 2.24) is 9.38 Å². The minimum Gasteiger partial charge on any atom is -0.481 e. The van der Waals surface area contributed by atoms with E-state index >= 15 is 0 Å². The number of hydrogen-bond acceptors (Lipinski definition) is 2. The Labute approximate surface area is 87.2 Å². The fourth-order valence-electron chi connectivity index (χ4n) is 1.67. The van der Waals surface area contributed by atoms with Gasteiger partial charge in [-0.15, -0.1) is 0 Å². The van der Waals surface area contributed by atoms with Crippen LogP contribution < -0.4 is 0 Å². The molecule has 0 aliphatic rings. The van der Waals surface area contributed by atoms with Crippen molar-refractivity contribution in [3.05, 3.63) is 35.3 Å². The van der Waals surface area contributed by atoms with Crippen molar-refractivity contribution in [2.24, 2.45) is 0 Å². The Morgan fingerprint density at radius 2 is 2.27 bits per heavy atom. The van der Waals surface area contributed by atoms with Gasteiger partial charge in [0.05, 0.1) is 17.8 Å². The third-order valence-electron chi connectivity index (χ3n) is 2.40. The number of carbonyl (C=O) groups is 1. The molecule has 1 N–H and O–H groups in total. The summed E-state index contributed by atoms with van der Waals surface area (Å²) in [6.45, 7) is 3.82. The van der Waals surface area contributed by atoms with Crippen molar-refractivity contribution in [1.29, 1.82) is 0 Å². The molecule has 2 rings (SSSR count). The molecule has 0 aromatic carbocycles. The lowest BCUT2D eigenvalue weighted by molar-refractivity contribution is -0.136. The lowest BCUT2D eigenvalue weighted by atomic mass is 10.2. The van der Waals surface area contributed by atoms with Gasteiger partial charge in [0, 0.05) is 6.20 Å². The monoisotopic (exact) mass is 204 g/mol. The molecule has 2 aromatic heterocycles. The molecule has 4 heteroatoms. The van der Waals surface area contributed by atoms with Gasteiger partial charge in [-0.25, -0.2) is 4.98 Å². The average molecular weight is 204 g/mol. The van der Waals surface area contributed by atoms with Crippen molar-refractivity contribution in [2.45, 2.75) is 20.3 Å². The van der Waals surface area contributed by atoms with Crippen LogP contribution in [0.1, 0.15) is 17.0 Å². The van der Waals surface area contributed by atoms with Crippen LogP contribution in [0.3, 0.4) is 0 Å². The van der Waals surface area contributed by atoms with Gasteiger partial charge >= 0.3 is 5.97 Å². The fraction of sp³-hybridized carbons (Fsp3) is 0.273. The highest BCUT2D eigenvalue weighted by Gasteiger charge is 2.11. The van der Waals surface area contributed by atoms with Crippen molar-refractivity contribution < 1.29 is 9.90 Å². The number of rotatable bonds is 2. The van der Waals surface area contributed by atoms with E-state index in [1.54, 1.807) is 0 Å². The summed E-state index contributed by atoms with van der Waals surface area (Å²) in [5.41, 5.74) is 3.46. The van der Waals surface area contributed by atoms with Crippen LogP contribution in [0.2, 0.25) is 0 Å². The standard InChI is InChI=1S/C11H12N2O2/c1-7-3-4-13-9(6-11(14)15)8(2)12-10(13)5-7/h3-5H,6H2,1-2H3,(H,14,15). The Hall–Kier alpha value is -1.84. The first-order valence-electron chi connectivity index (χ1n) is 4.74. The summed E-state index contributed by atoms with van der Waals surface area (Å²) in [5, 5.41) is 8.78. The number of aliphatic carboxylic acids is 1. The molecule has 4 nitrogen and oxygen atoms in total. The van der Waals surface area contributed by atoms with E-state index in [1.807, 2.05) is 36.6 Å². The Morgan fingerprint density at radius 1 is 1.53 bits per heavy atom. The second kappa shape index (κ2) is 3.38. The number of pyridine rings is 1. The summed E-state index contributed by atoms with van der Waals surface area (Å²) in [7, 11) is 0. The third kappa shape index (κ3) is 1.70. The van der Waals surface area contributed by atoms with Gasteiger partial charge in [0.1, 0.15) is 5.65 Å². The predicted octanol–water partition coefficient (Wildman–Crippen LogP) is 1.58. The van der Waals surface area contributed by atoms with E-state index in [0.717, 1.165) is 22.6 Å². The molecule has 0 fully saturated rings. The number of fused-ring (bicyclic) bond motifs is 1. The summed E-state index contributed by atoms with van der Waals surface area (Å²) in [6, 6.07) is 3.89. The third-order valence-corrected chi connectivity index (χ3v) is 2.40. The van der Waals surface area contributed by atoms with Crippen LogP contribution in [-0.4, -0.2) is 20.5 Å².